The fraction of sp³-hybridized carbons (Fsp3) is 0.0556. The van der Waals surface area contributed by atoms with Crippen molar-refractivity contribution in [3.8, 4) is 22.9 Å². The van der Waals surface area contributed by atoms with Gasteiger partial charge in [0.15, 0.2) is 5.75 Å². The second-order valence-corrected chi connectivity index (χ2v) is 5.51. The van der Waals surface area contributed by atoms with E-state index in [9.17, 15) is 9.32 Å². The molecule has 0 fully saturated rings. The molecule has 7 heteroatoms. The van der Waals surface area contributed by atoms with E-state index >= 15 is 0 Å². The number of halogens is 2. The van der Waals surface area contributed by atoms with Crippen LogP contribution in [-0.2, 0) is 4.74 Å². The van der Waals surface area contributed by atoms with Gasteiger partial charge in [0.1, 0.15) is 0 Å². The molecule has 0 aliphatic heterocycles. The Morgan fingerprint density at radius 3 is 2.76 bits per heavy atom. The summed E-state index contributed by atoms with van der Waals surface area (Å²) in [5.41, 5.74) is 1.87. The molecule has 0 spiro atoms. The van der Waals surface area contributed by atoms with Crippen LogP contribution in [-0.4, -0.2) is 18.1 Å². The Labute approximate surface area is 147 Å². The number of nitriles is 1. The molecule has 5 nitrogen and oxygen atoms in total. The smallest absolute Gasteiger partial charge is 0.337 e. The van der Waals surface area contributed by atoms with Crippen molar-refractivity contribution in [1.82, 2.24) is 4.98 Å². The van der Waals surface area contributed by atoms with Crippen molar-refractivity contribution in [2.45, 2.75) is 0 Å². The molecule has 0 aliphatic rings. The second-order valence-electron chi connectivity index (χ2n) is 5.10. The Bertz CT molecular complexity index is 1030. The third-order valence-corrected chi connectivity index (χ3v) is 3.99. The molecule has 124 valence electrons. The first kappa shape index (κ1) is 16.7. The van der Waals surface area contributed by atoms with Gasteiger partial charge in [-0.15, -0.1) is 0 Å². The predicted octanol–water partition coefficient (Wildman–Crippen LogP) is 4.48. The van der Waals surface area contributed by atoms with Gasteiger partial charge in [-0.1, -0.05) is 11.6 Å². The number of hydrogen-bond donors (Lipinski definition) is 0. The minimum absolute atomic E-state index is 0.156. The Hall–Kier alpha value is -3.17. The van der Waals surface area contributed by atoms with E-state index in [1.807, 2.05) is 6.07 Å². The number of rotatable bonds is 3. The molecule has 3 rings (SSSR count). The average molecular weight is 357 g/mol. The van der Waals surface area contributed by atoms with Gasteiger partial charge in [-0.05, 0) is 30.3 Å². The van der Waals surface area contributed by atoms with Crippen LogP contribution in [0.3, 0.4) is 0 Å². The number of aromatic nitrogens is 1. The Balaban J connectivity index is 2.34. The van der Waals surface area contributed by atoms with E-state index in [1.54, 1.807) is 18.2 Å². The topological polar surface area (TPSA) is 72.2 Å². The maximum Gasteiger partial charge on any atom is 0.337 e. The molecular weight excluding hydrogens is 347 g/mol. The van der Waals surface area contributed by atoms with E-state index in [0.29, 0.717) is 27.6 Å². The van der Waals surface area contributed by atoms with Crippen LogP contribution < -0.4 is 4.94 Å². The molecule has 0 radical (unpaired) electrons. The van der Waals surface area contributed by atoms with Crippen molar-refractivity contribution < 1.29 is 19.0 Å². The first-order valence-electron chi connectivity index (χ1n) is 7.08. The van der Waals surface area contributed by atoms with Gasteiger partial charge >= 0.3 is 5.97 Å². The highest BCUT2D eigenvalue weighted by Crippen LogP contribution is 2.40. The maximum atomic E-state index is 13.0. The molecule has 1 heterocycles. The molecule has 2 aromatic carbocycles. The van der Waals surface area contributed by atoms with Crippen molar-refractivity contribution in [3.05, 3.63) is 58.7 Å². The first-order valence-corrected chi connectivity index (χ1v) is 7.46. The third kappa shape index (κ3) is 2.97. The van der Waals surface area contributed by atoms with Crippen LogP contribution >= 0.6 is 11.6 Å². The highest BCUT2D eigenvalue weighted by atomic mass is 35.5. The van der Waals surface area contributed by atoms with Crippen LogP contribution in [0.4, 0.5) is 4.53 Å². The lowest BCUT2D eigenvalue weighted by molar-refractivity contribution is -0.00547. The summed E-state index contributed by atoms with van der Waals surface area (Å²) in [4.78, 5) is 19.9. The average Bonchev–Trinajstić information content (AvgIpc) is 2.66. The first-order chi connectivity index (χ1) is 12.1. The molecule has 0 amide bonds. The molecule has 0 saturated heterocycles. The summed E-state index contributed by atoms with van der Waals surface area (Å²) >= 11 is 6.28. The van der Waals surface area contributed by atoms with Crippen LogP contribution in [0.15, 0.2) is 42.6 Å². The molecule has 1 aromatic heterocycles. The van der Waals surface area contributed by atoms with Crippen molar-refractivity contribution in [2.24, 2.45) is 0 Å². The highest BCUT2D eigenvalue weighted by Gasteiger charge is 2.17. The minimum Gasteiger partial charge on any atom is -0.465 e. The summed E-state index contributed by atoms with van der Waals surface area (Å²) < 4.78 is 17.8. The van der Waals surface area contributed by atoms with E-state index in [2.05, 4.69) is 9.93 Å². The number of pyridine rings is 1. The van der Waals surface area contributed by atoms with Crippen molar-refractivity contribution >= 4 is 28.5 Å². The molecule has 25 heavy (non-hydrogen) atoms. The number of esters is 1. The number of benzene rings is 2. The third-order valence-electron chi connectivity index (χ3n) is 3.71. The normalized spacial score (nSPS) is 10.3. The number of carbonyl (C=O) groups excluding carboxylic acids is 1. The van der Waals surface area contributed by atoms with E-state index < -0.39 is 5.97 Å². The number of carbonyl (C=O) groups is 1. The van der Waals surface area contributed by atoms with Crippen molar-refractivity contribution in [3.63, 3.8) is 0 Å². The lowest BCUT2D eigenvalue weighted by atomic mass is 9.98. The molecule has 0 saturated carbocycles. The Morgan fingerprint density at radius 2 is 2.08 bits per heavy atom. The van der Waals surface area contributed by atoms with Crippen LogP contribution in [0.5, 0.6) is 5.75 Å². The van der Waals surface area contributed by atoms with Gasteiger partial charge in [0, 0.05) is 33.3 Å². The summed E-state index contributed by atoms with van der Waals surface area (Å²) in [6.45, 7) is 0. The fourth-order valence-electron chi connectivity index (χ4n) is 2.55. The van der Waals surface area contributed by atoms with Gasteiger partial charge in [0.2, 0.25) is 0 Å². The number of nitrogens with zero attached hydrogens (tertiary/aromatic N) is 2. The van der Waals surface area contributed by atoms with Crippen molar-refractivity contribution in [1.29, 1.82) is 5.26 Å². The zero-order chi connectivity index (χ0) is 18.0. The summed E-state index contributed by atoms with van der Waals surface area (Å²) in [5.74, 6) is -0.674. The Morgan fingerprint density at radius 1 is 1.28 bits per heavy atom. The molecule has 0 bridgehead atoms. The zero-order valence-corrected chi connectivity index (χ0v) is 13.7. The SMILES string of the molecule is COC(=O)c1ccc2ncc(Cl)c(-c3ccc(C#N)cc3OF)c2c1. The minimum atomic E-state index is -0.519. The van der Waals surface area contributed by atoms with Gasteiger partial charge in [-0.3, -0.25) is 9.93 Å². The molecule has 3 aromatic rings. The summed E-state index contributed by atoms with van der Waals surface area (Å²) in [6, 6.07) is 11.0. The lowest BCUT2D eigenvalue weighted by Gasteiger charge is -2.12. The summed E-state index contributed by atoms with van der Waals surface area (Å²) in [6.07, 6.45) is 1.43. The predicted molar refractivity (Wildman–Crippen MR) is 90.0 cm³/mol. The van der Waals surface area contributed by atoms with Crippen LogP contribution in [0.1, 0.15) is 15.9 Å². The molecule has 0 N–H and O–H groups in total. The van der Waals surface area contributed by atoms with Gasteiger partial charge < -0.3 is 4.74 Å². The monoisotopic (exact) mass is 356 g/mol. The van der Waals surface area contributed by atoms with Crippen LogP contribution in [0, 0.1) is 11.3 Å². The molecular formula is C18H10ClFN2O3. The summed E-state index contributed by atoms with van der Waals surface area (Å²) in [5, 5.41) is 9.73. The van der Waals surface area contributed by atoms with Crippen LogP contribution in [0.2, 0.25) is 5.02 Å². The van der Waals surface area contributed by atoms with E-state index in [1.165, 1.54) is 31.5 Å². The molecule has 0 atom stereocenters. The van der Waals surface area contributed by atoms with Gasteiger partial charge in [0.05, 0.1) is 34.8 Å². The quantitative estimate of drug-likeness (QED) is 0.647. The lowest BCUT2D eigenvalue weighted by Crippen LogP contribution is -2.01. The number of fused-ring (bicyclic) bond motifs is 1. The van der Waals surface area contributed by atoms with Crippen molar-refractivity contribution in [2.75, 3.05) is 7.11 Å². The van der Waals surface area contributed by atoms with Gasteiger partial charge in [-0.2, -0.15) is 5.26 Å². The Kier molecular flexibility index (Phi) is 4.50. The summed E-state index contributed by atoms with van der Waals surface area (Å²) in [7, 11) is 1.28. The fourth-order valence-corrected chi connectivity index (χ4v) is 2.80. The van der Waals surface area contributed by atoms with Gasteiger partial charge in [-0.25, -0.2) is 4.79 Å². The van der Waals surface area contributed by atoms with E-state index in [4.69, 9.17) is 21.6 Å². The maximum absolute atomic E-state index is 13.0. The number of ether oxygens (including phenoxy) is 1. The number of hydrogen-bond acceptors (Lipinski definition) is 5. The van der Waals surface area contributed by atoms with E-state index in [0.717, 1.165) is 0 Å². The largest absolute Gasteiger partial charge is 0.465 e. The second kappa shape index (κ2) is 6.75. The molecule has 0 unspecified atom stereocenters. The standard InChI is InChI=1S/C18H10ClFN2O3/c1-24-18(23)11-3-5-15-13(7-11)17(14(19)9-22-15)12-4-2-10(8-21)6-16(12)25-20/h2-7,9H,1H3. The van der Waals surface area contributed by atoms with E-state index in [-0.39, 0.29) is 16.3 Å². The van der Waals surface area contributed by atoms with Gasteiger partial charge in [0.25, 0.3) is 0 Å². The molecule has 0 aliphatic carbocycles. The zero-order valence-electron chi connectivity index (χ0n) is 12.9. The highest BCUT2D eigenvalue weighted by molar-refractivity contribution is 6.35. The van der Waals surface area contributed by atoms with Crippen LogP contribution in [0.25, 0.3) is 22.0 Å². The number of methoxy groups -OCH3 is 1.